The molecule has 0 atom stereocenters. The maximum atomic E-state index is 4.00. The van der Waals surface area contributed by atoms with E-state index in [2.05, 4.69) is 15.5 Å². The fourth-order valence-corrected chi connectivity index (χ4v) is 0. The Morgan fingerprint density at radius 1 is 1.00 bits per heavy atom. The van der Waals surface area contributed by atoms with Crippen molar-refractivity contribution in [1.29, 1.82) is 0 Å². The van der Waals surface area contributed by atoms with E-state index in [0.29, 0.717) is 0 Å². The van der Waals surface area contributed by atoms with Crippen molar-refractivity contribution >= 4 is 15.5 Å². The van der Waals surface area contributed by atoms with Crippen molar-refractivity contribution in [3.8, 4) is 0 Å². The van der Waals surface area contributed by atoms with Crippen molar-refractivity contribution in [1.82, 2.24) is 0 Å². The summed E-state index contributed by atoms with van der Waals surface area (Å²) in [4.78, 5) is 0. The summed E-state index contributed by atoms with van der Waals surface area (Å²) in [6, 6.07) is 0. The second kappa shape index (κ2) is 27.2. The molecule has 0 aliphatic heterocycles. The molecule has 10 valence electrons. The second-order valence-electron chi connectivity index (χ2n) is 0. The summed E-state index contributed by atoms with van der Waals surface area (Å²) < 4.78 is 0. The summed E-state index contributed by atoms with van der Waals surface area (Å²) in [5.74, 6) is 0. The van der Waals surface area contributed by atoms with Crippen molar-refractivity contribution in [3.05, 3.63) is 0 Å². The molecule has 0 rings (SSSR count). The quantitative estimate of drug-likeness (QED) is 0.235. The van der Waals surface area contributed by atoms with Crippen LogP contribution in [0.5, 0.6) is 0 Å². The Kier molecular flexibility index (Phi) is 126. The smallest absolute Gasteiger partial charge is 1.00 e. The molecule has 4 radical (unpaired) electrons. The van der Waals surface area contributed by atoms with Crippen LogP contribution in [-0.4, -0.2) is 15.5 Å². The summed E-state index contributed by atoms with van der Waals surface area (Å²) >= 11 is 0. The third kappa shape index (κ3) is 10.2. The molecule has 0 aromatic carbocycles. The van der Waals surface area contributed by atoms with E-state index in [1.165, 1.54) is 0 Å². The predicted octanol–water partition coefficient (Wildman–Crippen LogP) is -6.53. The average molecular weight is 37.5 g/mol. The van der Waals surface area contributed by atoms with Crippen molar-refractivity contribution in [2.75, 3.05) is 0 Å². The summed E-state index contributed by atoms with van der Waals surface area (Å²) in [6.45, 7) is 0. The first-order valence-electron chi connectivity index (χ1n) is 0.333. The van der Waals surface area contributed by atoms with Gasteiger partial charge in [-0.3, -0.25) is 0 Å². The van der Waals surface area contributed by atoms with Crippen LogP contribution < -0.4 is 37.7 Å². The van der Waals surface area contributed by atoms with E-state index in [4.69, 9.17) is 0 Å². The van der Waals surface area contributed by atoms with E-state index < -0.39 is 0 Å². The van der Waals surface area contributed by atoms with Gasteiger partial charge in [0.05, 0.1) is 0 Å². The molecule has 0 amide bonds. The SMILES string of the molecule is [B][B].[H-].[H-].[Li+].[Li+]. The molecule has 0 heterocycles. The summed E-state index contributed by atoms with van der Waals surface area (Å²) in [6.07, 6.45) is 0. The second-order valence-corrected chi connectivity index (χ2v) is 0. The molecule has 0 fully saturated rings. The van der Waals surface area contributed by atoms with Crippen LogP contribution in [0.15, 0.2) is 0 Å². The van der Waals surface area contributed by atoms with Gasteiger partial charge in [-0.1, -0.05) is 0 Å². The molecule has 0 unspecified atom stereocenters. The summed E-state index contributed by atoms with van der Waals surface area (Å²) in [5, 5.41) is 0. The molecule has 0 aliphatic rings. The largest absolute Gasteiger partial charge is 1.00 e. The van der Waals surface area contributed by atoms with Crippen LogP contribution in [0, 0.1) is 0 Å². The Hall–Kier alpha value is 1.32. The van der Waals surface area contributed by atoms with Crippen LogP contribution in [0.1, 0.15) is 2.85 Å². The maximum absolute atomic E-state index is 4.00. The first kappa shape index (κ1) is 18.4. The molecule has 0 saturated heterocycles. The maximum Gasteiger partial charge on any atom is 1.00 e. The third-order valence-electron chi connectivity index (χ3n) is 0. The van der Waals surface area contributed by atoms with Crippen LogP contribution in [-0.2, 0) is 0 Å². The van der Waals surface area contributed by atoms with Crippen LogP contribution in [0.2, 0.25) is 0 Å². The van der Waals surface area contributed by atoms with Gasteiger partial charge in [-0.25, -0.2) is 0 Å². The predicted molar refractivity (Wildman–Crippen MR) is 13.7 cm³/mol. The van der Waals surface area contributed by atoms with Crippen LogP contribution >= 0.6 is 0 Å². The zero-order chi connectivity index (χ0) is 2.00. The van der Waals surface area contributed by atoms with Gasteiger partial charge in [0, 0.05) is 15.5 Å². The molecule has 0 spiro atoms. The average Bonchev–Trinajstić information content (AvgIpc) is 1.00. The van der Waals surface area contributed by atoms with Crippen LogP contribution in [0.25, 0.3) is 0 Å². The third-order valence-corrected chi connectivity index (χ3v) is 0. The molecule has 0 aliphatic carbocycles. The van der Waals surface area contributed by atoms with Crippen molar-refractivity contribution in [2.24, 2.45) is 0 Å². The molecule has 0 nitrogen and oxygen atoms in total. The van der Waals surface area contributed by atoms with Gasteiger partial charge in [-0.2, -0.15) is 0 Å². The zero-order valence-electron chi connectivity index (χ0n) is 5.15. The van der Waals surface area contributed by atoms with E-state index in [1.807, 2.05) is 0 Å². The fourth-order valence-electron chi connectivity index (χ4n) is 0. The topological polar surface area (TPSA) is 0 Å². The van der Waals surface area contributed by atoms with Gasteiger partial charge in [-0.15, -0.1) is 0 Å². The number of rotatable bonds is 0. The van der Waals surface area contributed by atoms with Gasteiger partial charge < -0.3 is 2.85 Å². The van der Waals surface area contributed by atoms with Crippen molar-refractivity contribution < 1.29 is 40.6 Å². The Bertz CT molecular complexity index is 9.51. The molecule has 0 saturated carbocycles. The van der Waals surface area contributed by atoms with E-state index in [-0.39, 0.29) is 40.6 Å². The Morgan fingerprint density at radius 3 is 1.00 bits per heavy atom. The molecule has 0 bridgehead atoms. The van der Waals surface area contributed by atoms with Gasteiger partial charge in [0.25, 0.3) is 0 Å². The van der Waals surface area contributed by atoms with Crippen LogP contribution in [0.3, 0.4) is 0 Å². The Morgan fingerprint density at radius 2 is 1.00 bits per heavy atom. The minimum Gasteiger partial charge on any atom is -1.00 e. The number of hydrogen-bond donors (Lipinski definition) is 0. The molecular weight excluding hydrogens is 35.5 g/mol. The molecule has 4 heavy (non-hydrogen) atoms. The minimum atomic E-state index is 0. The normalized spacial score (nSPS) is 1.00. The monoisotopic (exact) mass is 38.1 g/mol. The molecular formula is H2B2Li2. The van der Waals surface area contributed by atoms with Crippen molar-refractivity contribution in [2.45, 2.75) is 0 Å². The number of hydrogen-bond acceptors (Lipinski definition) is 0. The summed E-state index contributed by atoms with van der Waals surface area (Å²) in [5.41, 5.74) is 0. The molecule has 0 aromatic heterocycles. The van der Waals surface area contributed by atoms with Crippen LogP contribution in [0.4, 0.5) is 0 Å². The van der Waals surface area contributed by atoms with E-state index in [9.17, 15) is 0 Å². The molecule has 0 N–H and O–H groups in total. The van der Waals surface area contributed by atoms with Crippen molar-refractivity contribution in [3.63, 3.8) is 0 Å². The van der Waals surface area contributed by atoms with E-state index >= 15 is 0 Å². The first-order valence-corrected chi connectivity index (χ1v) is 0.333. The molecule has 4 heteroatoms. The van der Waals surface area contributed by atoms with Gasteiger partial charge in [0.15, 0.2) is 0 Å². The van der Waals surface area contributed by atoms with Gasteiger partial charge >= 0.3 is 37.7 Å². The van der Waals surface area contributed by atoms with E-state index in [0.717, 1.165) is 0 Å². The Labute approximate surface area is 56.2 Å². The molecule has 0 aromatic rings. The van der Waals surface area contributed by atoms with E-state index in [1.54, 1.807) is 0 Å². The minimum absolute atomic E-state index is 0. The summed E-state index contributed by atoms with van der Waals surface area (Å²) in [7, 11) is 8.00. The first-order chi connectivity index (χ1) is 1.00. The zero-order valence-corrected chi connectivity index (χ0v) is 3.15. The van der Waals surface area contributed by atoms with Gasteiger partial charge in [-0.05, 0) is 0 Å². The Balaban J connectivity index is -0.000000000833. The van der Waals surface area contributed by atoms with Gasteiger partial charge in [0.2, 0.25) is 0 Å². The standard InChI is InChI=1S/B2.2Li.2H/c1-2;;;;/q;2*+1;2*-1. The van der Waals surface area contributed by atoms with Gasteiger partial charge in [0.1, 0.15) is 0 Å². The fraction of sp³-hybridized carbons (Fsp3) is 0.